The Kier molecular flexibility index (Phi) is 6.11. The molecule has 0 saturated heterocycles. The molecule has 0 saturated carbocycles. The number of rotatable bonds is 4. The number of anilines is 1. The molecule has 0 radical (unpaired) electrons. The number of benzene rings is 1. The molecule has 3 heteroatoms. The van der Waals surface area contributed by atoms with Crippen LogP contribution in [0.15, 0.2) is 24.3 Å². The molecule has 0 aliphatic heterocycles. The smallest absolute Gasteiger partial charge is 0.227 e. The van der Waals surface area contributed by atoms with Gasteiger partial charge >= 0.3 is 0 Å². The Hall–Kier alpha value is -1.79. The van der Waals surface area contributed by atoms with Crippen molar-refractivity contribution in [1.29, 1.82) is 0 Å². The lowest BCUT2D eigenvalue weighted by atomic mass is 9.97. The molecule has 0 fully saturated rings. The molecule has 1 aromatic carbocycles. The molecule has 1 amide bonds. The second-order valence-electron chi connectivity index (χ2n) is 4.88. The molecule has 0 heterocycles. The molecule has 1 aromatic rings. The van der Waals surface area contributed by atoms with Crippen molar-refractivity contribution in [3.63, 3.8) is 0 Å². The highest BCUT2D eigenvalue weighted by Crippen LogP contribution is 2.15. The standard InChI is InChI=1S/C16H21NO2/c1-12(2)13(3)16(19)17-15-9-6-8-14(11-15)7-4-5-10-18/h6,8-9,11-13,18H,5,10H2,1-3H3,(H,17,19). The highest BCUT2D eigenvalue weighted by atomic mass is 16.2. The van der Waals surface area contributed by atoms with E-state index < -0.39 is 0 Å². The minimum atomic E-state index is -0.0240. The van der Waals surface area contributed by atoms with E-state index in [9.17, 15) is 4.79 Å². The maximum absolute atomic E-state index is 11.9. The highest BCUT2D eigenvalue weighted by Gasteiger charge is 2.16. The second-order valence-corrected chi connectivity index (χ2v) is 4.88. The number of hydrogen-bond donors (Lipinski definition) is 2. The third-order valence-corrected chi connectivity index (χ3v) is 3.01. The lowest BCUT2D eigenvalue weighted by Crippen LogP contribution is -2.24. The van der Waals surface area contributed by atoms with E-state index in [1.807, 2.05) is 45.0 Å². The zero-order valence-electron chi connectivity index (χ0n) is 11.7. The third kappa shape index (κ3) is 5.15. The van der Waals surface area contributed by atoms with Gasteiger partial charge in [0.05, 0.1) is 6.61 Å². The normalized spacial score (nSPS) is 11.6. The van der Waals surface area contributed by atoms with Crippen LogP contribution in [0.25, 0.3) is 0 Å². The third-order valence-electron chi connectivity index (χ3n) is 3.01. The minimum absolute atomic E-state index is 0.0236. The Labute approximate surface area is 115 Å². The van der Waals surface area contributed by atoms with E-state index in [-0.39, 0.29) is 18.4 Å². The Balaban J connectivity index is 2.73. The van der Waals surface area contributed by atoms with E-state index in [4.69, 9.17) is 5.11 Å². The predicted molar refractivity (Wildman–Crippen MR) is 77.7 cm³/mol. The van der Waals surface area contributed by atoms with Gasteiger partial charge in [-0.05, 0) is 24.1 Å². The lowest BCUT2D eigenvalue weighted by molar-refractivity contribution is -0.120. The summed E-state index contributed by atoms with van der Waals surface area (Å²) in [5.41, 5.74) is 1.59. The van der Waals surface area contributed by atoms with Crippen LogP contribution in [0, 0.1) is 23.7 Å². The van der Waals surface area contributed by atoms with Gasteiger partial charge in [0.1, 0.15) is 0 Å². The number of aliphatic hydroxyl groups excluding tert-OH is 1. The van der Waals surface area contributed by atoms with Gasteiger partial charge in [-0.1, -0.05) is 38.7 Å². The van der Waals surface area contributed by atoms with E-state index in [0.717, 1.165) is 11.3 Å². The summed E-state index contributed by atoms with van der Waals surface area (Å²) >= 11 is 0. The van der Waals surface area contributed by atoms with Crippen LogP contribution in [0.2, 0.25) is 0 Å². The van der Waals surface area contributed by atoms with Crippen LogP contribution in [-0.4, -0.2) is 17.6 Å². The summed E-state index contributed by atoms with van der Waals surface area (Å²) in [7, 11) is 0. The van der Waals surface area contributed by atoms with Crippen molar-refractivity contribution >= 4 is 11.6 Å². The Morgan fingerprint density at radius 3 is 2.74 bits per heavy atom. The van der Waals surface area contributed by atoms with Crippen LogP contribution in [0.5, 0.6) is 0 Å². The average molecular weight is 259 g/mol. The SMILES string of the molecule is CC(C)C(C)C(=O)Nc1cccc(C#CCCO)c1. The predicted octanol–water partition coefficient (Wildman–Crippen LogP) is 2.65. The van der Waals surface area contributed by atoms with Crippen LogP contribution in [0.3, 0.4) is 0 Å². The number of hydrogen-bond acceptors (Lipinski definition) is 2. The minimum Gasteiger partial charge on any atom is -0.395 e. The summed E-state index contributed by atoms with van der Waals surface area (Å²) < 4.78 is 0. The van der Waals surface area contributed by atoms with Gasteiger partial charge in [-0.25, -0.2) is 0 Å². The lowest BCUT2D eigenvalue weighted by Gasteiger charge is -2.15. The summed E-state index contributed by atoms with van der Waals surface area (Å²) in [6.45, 7) is 6.04. The number of aliphatic hydroxyl groups is 1. The molecule has 0 bridgehead atoms. The molecular weight excluding hydrogens is 238 g/mol. The molecule has 0 spiro atoms. The van der Waals surface area contributed by atoms with Crippen molar-refractivity contribution in [3.05, 3.63) is 29.8 Å². The Morgan fingerprint density at radius 1 is 1.37 bits per heavy atom. The van der Waals surface area contributed by atoms with Crippen LogP contribution in [-0.2, 0) is 4.79 Å². The molecule has 1 rings (SSSR count). The van der Waals surface area contributed by atoms with E-state index in [2.05, 4.69) is 17.2 Å². The summed E-state index contributed by atoms with van der Waals surface area (Å²) in [5, 5.41) is 11.6. The zero-order chi connectivity index (χ0) is 14.3. The molecule has 1 atom stereocenters. The van der Waals surface area contributed by atoms with Gasteiger partial charge in [-0.3, -0.25) is 4.79 Å². The average Bonchev–Trinajstić information content (AvgIpc) is 2.38. The number of carbonyl (C=O) groups excluding carboxylic acids is 1. The molecule has 102 valence electrons. The van der Waals surface area contributed by atoms with Gasteiger partial charge in [0.25, 0.3) is 0 Å². The van der Waals surface area contributed by atoms with Crippen LogP contribution >= 0.6 is 0 Å². The first-order valence-corrected chi connectivity index (χ1v) is 6.55. The highest BCUT2D eigenvalue weighted by molar-refractivity contribution is 5.92. The maximum atomic E-state index is 11.9. The summed E-state index contributed by atoms with van der Waals surface area (Å²) in [6.07, 6.45) is 0.459. The number of amides is 1. The Morgan fingerprint density at radius 2 is 2.11 bits per heavy atom. The molecule has 1 unspecified atom stereocenters. The number of carbonyl (C=O) groups is 1. The first kappa shape index (κ1) is 15.3. The maximum Gasteiger partial charge on any atom is 0.227 e. The van der Waals surface area contributed by atoms with E-state index >= 15 is 0 Å². The van der Waals surface area contributed by atoms with Gasteiger partial charge in [0.2, 0.25) is 5.91 Å². The van der Waals surface area contributed by atoms with Crippen LogP contribution in [0.1, 0.15) is 32.8 Å². The van der Waals surface area contributed by atoms with E-state index in [0.29, 0.717) is 12.3 Å². The monoisotopic (exact) mass is 259 g/mol. The van der Waals surface area contributed by atoms with Gasteiger partial charge in [-0.2, -0.15) is 0 Å². The van der Waals surface area contributed by atoms with Gasteiger partial charge in [0, 0.05) is 23.6 Å². The van der Waals surface area contributed by atoms with Crippen molar-refractivity contribution in [2.24, 2.45) is 11.8 Å². The van der Waals surface area contributed by atoms with E-state index in [1.54, 1.807) is 0 Å². The van der Waals surface area contributed by atoms with Crippen molar-refractivity contribution in [2.75, 3.05) is 11.9 Å². The molecule has 0 aliphatic carbocycles. The molecule has 2 N–H and O–H groups in total. The first-order valence-electron chi connectivity index (χ1n) is 6.55. The van der Waals surface area contributed by atoms with Crippen molar-refractivity contribution < 1.29 is 9.90 Å². The summed E-state index contributed by atoms with van der Waals surface area (Å²) in [6, 6.07) is 7.43. The van der Waals surface area contributed by atoms with Crippen molar-refractivity contribution in [2.45, 2.75) is 27.2 Å². The fraction of sp³-hybridized carbons (Fsp3) is 0.438. The Bertz CT molecular complexity index is 483. The summed E-state index contributed by atoms with van der Waals surface area (Å²) in [4.78, 5) is 11.9. The molecule has 19 heavy (non-hydrogen) atoms. The fourth-order valence-corrected chi connectivity index (χ4v) is 1.45. The van der Waals surface area contributed by atoms with Crippen molar-refractivity contribution in [1.82, 2.24) is 0 Å². The molecular formula is C16H21NO2. The second kappa shape index (κ2) is 7.60. The van der Waals surface area contributed by atoms with Gasteiger partial charge < -0.3 is 10.4 Å². The van der Waals surface area contributed by atoms with Crippen LogP contribution < -0.4 is 5.32 Å². The van der Waals surface area contributed by atoms with E-state index in [1.165, 1.54) is 0 Å². The van der Waals surface area contributed by atoms with Crippen LogP contribution in [0.4, 0.5) is 5.69 Å². The molecule has 0 aromatic heterocycles. The quantitative estimate of drug-likeness (QED) is 0.817. The van der Waals surface area contributed by atoms with Gasteiger partial charge in [-0.15, -0.1) is 0 Å². The molecule has 0 aliphatic rings. The van der Waals surface area contributed by atoms with Crippen molar-refractivity contribution in [3.8, 4) is 11.8 Å². The topological polar surface area (TPSA) is 49.3 Å². The zero-order valence-corrected chi connectivity index (χ0v) is 11.7. The fourth-order valence-electron chi connectivity index (χ4n) is 1.45. The van der Waals surface area contributed by atoms with Gasteiger partial charge in [0.15, 0.2) is 0 Å². The first-order chi connectivity index (χ1) is 9.04. The molecule has 3 nitrogen and oxygen atoms in total. The largest absolute Gasteiger partial charge is 0.395 e. The number of nitrogens with one attached hydrogen (secondary N) is 1. The summed E-state index contributed by atoms with van der Waals surface area (Å²) in [5.74, 6) is 6.12.